The number of piperidine rings is 1. The van der Waals surface area contributed by atoms with Crippen molar-refractivity contribution >= 4 is 6.03 Å². The summed E-state index contributed by atoms with van der Waals surface area (Å²) in [4.78, 5) is 14.5. The third kappa shape index (κ3) is 3.30. The van der Waals surface area contributed by atoms with Gasteiger partial charge in [0.1, 0.15) is 12.4 Å². The number of aliphatic hydroxyl groups is 2. The molecule has 0 radical (unpaired) electrons. The second-order valence-electron chi connectivity index (χ2n) is 7.35. The van der Waals surface area contributed by atoms with Gasteiger partial charge in [-0.05, 0) is 24.0 Å². The van der Waals surface area contributed by atoms with Crippen LogP contribution in [0.1, 0.15) is 47.6 Å². The molecule has 1 aromatic carbocycles. The number of likely N-dealkylation sites (tertiary alicyclic amines) is 1. The first kappa shape index (κ1) is 17.9. The van der Waals surface area contributed by atoms with Crippen molar-refractivity contribution in [3.63, 3.8) is 0 Å². The van der Waals surface area contributed by atoms with Crippen molar-refractivity contribution in [3.8, 4) is 0 Å². The normalized spacial score (nSPS) is 22.7. The number of aromatic nitrogens is 3. The molecule has 1 fully saturated rings. The smallest absolute Gasteiger partial charge is 0.317 e. The monoisotopic (exact) mass is 371 g/mol. The Hall–Kier alpha value is -2.45. The van der Waals surface area contributed by atoms with Crippen molar-refractivity contribution in [1.29, 1.82) is 0 Å². The van der Waals surface area contributed by atoms with Crippen molar-refractivity contribution < 1.29 is 15.0 Å². The Morgan fingerprint density at radius 3 is 2.70 bits per heavy atom. The lowest BCUT2D eigenvalue weighted by molar-refractivity contribution is 0.130. The molecule has 3 N–H and O–H groups in total. The first-order valence-corrected chi connectivity index (χ1v) is 9.38. The van der Waals surface area contributed by atoms with Crippen LogP contribution in [0, 0.1) is 0 Å². The van der Waals surface area contributed by atoms with Crippen LogP contribution in [0.25, 0.3) is 0 Å². The molecule has 2 aliphatic rings. The minimum atomic E-state index is -0.584. The minimum absolute atomic E-state index is 0.129. The van der Waals surface area contributed by atoms with Crippen molar-refractivity contribution in [2.45, 2.75) is 43.9 Å². The number of nitrogens with zero attached hydrogens (tertiary/aromatic N) is 4. The van der Waals surface area contributed by atoms with Crippen LogP contribution >= 0.6 is 0 Å². The number of amides is 2. The van der Waals surface area contributed by atoms with Gasteiger partial charge < -0.3 is 25.0 Å². The van der Waals surface area contributed by atoms with E-state index in [1.165, 1.54) is 0 Å². The van der Waals surface area contributed by atoms with E-state index in [0.717, 1.165) is 29.8 Å². The van der Waals surface area contributed by atoms with E-state index in [1.54, 1.807) is 4.90 Å². The van der Waals surface area contributed by atoms with Gasteiger partial charge in [0.25, 0.3) is 0 Å². The predicted molar refractivity (Wildman–Crippen MR) is 97.9 cm³/mol. The number of nitrogens with one attached hydrogen (secondary N) is 1. The fraction of sp³-hybridized carbons (Fsp3) is 0.526. The topological polar surface area (TPSA) is 104 Å². The summed E-state index contributed by atoms with van der Waals surface area (Å²) >= 11 is 0. The van der Waals surface area contributed by atoms with Crippen LogP contribution in [0.4, 0.5) is 4.79 Å². The van der Waals surface area contributed by atoms with E-state index in [0.29, 0.717) is 25.3 Å². The van der Waals surface area contributed by atoms with Gasteiger partial charge in [-0.15, -0.1) is 10.2 Å². The van der Waals surface area contributed by atoms with Crippen LogP contribution in [0.5, 0.6) is 0 Å². The maximum Gasteiger partial charge on any atom is 0.317 e. The second kappa shape index (κ2) is 7.28. The Balaban J connectivity index is 1.37. The average molecular weight is 371 g/mol. The summed E-state index contributed by atoms with van der Waals surface area (Å²) in [7, 11) is 1.86. The lowest BCUT2D eigenvalue weighted by Crippen LogP contribution is -2.46. The average Bonchev–Trinajstić information content (AvgIpc) is 3.21. The molecule has 8 heteroatoms. The lowest BCUT2D eigenvalue weighted by atomic mass is 9.96. The second-order valence-corrected chi connectivity index (χ2v) is 7.35. The van der Waals surface area contributed by atoms with Gasteiger partial charge >= 0.3 is 6.03 Å². The van der Waals surface area contributed by atoms with E-state index in [2.05, 4.69) is 15.5 Å². The number of rotatable bonds is 3. The maximum atomic E-state index is 12.7. The molecule has 1 aliphatic heterocycles. The quantitative estimate of drug-likeness (QED) is 0.742. The summed E-state index contributed by atoms with van der Waals surface area (Å²) in [5.74, 6) is 1.64. The summed E-state index contributed by atoms with van der Waals surface area (Å²) in [5.41, 5.74) is 2.10. The highest BCUT2D eigenvalue weighted by Crippen LogP contribution is 2.32. The van der Waals surface area contributed by atoms with Crippen LogP contribution in [0.3, 0.4) is 0 Å². The van der Waals surface area contributed by atoms with Gasteiger partial charge in [0.2, 0.25) is 0 Å². The molecule has 2 aromatic rings. The number of carbonyl (C=O) groups is 1. The Bertz CT molecular complexity index is 829. The molecule has 0 spiro atoms. The molecule has 0 unspecified atom stereocenters. The molecule has 1 aliphatic carbocycles. The van der Waals surface area contributed by atoms with Crippen LogP contribution in [-0.2, 0) is 20.1 Å². The summed E-state index contributed by atoms with van der Waals surface area (Å²) in [6.07, 6.45) is 1.59. The van der Waals surface area contributed by atoms with Gasteiger partial charge in [-0.3, -0.25) is 0 Å². The first-order valence-electron chi connectivity index (χ1n) is 9.38. The Morgan fingerprint density at radius 2 is 2.00 bits per heavy atom. The molecule has 2 heterocycles. The van der Waals surface area contributed by atoms with Crippen LogP contribution in [-0.4, -0.2) is 55.1 Å². The van der Waals surface area contributed by atoms with E-state index in [4.69, 9.17) is 0 Å². The van der Waals surface area contributed by atoms with Gasteiger partial charge in [0.05, 0.1) is 12.1 Å². The third-order valence-corrected chi connectivity index (χ3v) is 5.77. The van der Waals surface area contributed by atoms with Gasteiger partial charge in [0.15, 0.2) is 5.82 Å². The molecule has 2 amide bonds. The molecule has 27 heavy (non-hydrogen) atoms. The third-order valence-electron chi connectivity index (χ3n) is 5.77. The highest BCUT2D eigenvalue weighted by atomic mass is 16.3. The predicted octanol–water partition coefficient (Wildman–Crippen LogP) is 0.855. The number of urea groups is 1. The number of fused-ring (bicyclic) bond motifs is 1. The number of carbonyl (C=O) groups excluding carboxylic acids is 1. The minimum Gasteiger partial charge on any atom is -0.390 e. The van der Waals surface area contributed by atoms with E-state index < -0.39 is 6.10 Å². The summed E-state index contributed by atoms with van der Waals surface area (Å²) in [6, 6.07) is 7.37. The Morgan fingerprint density at radius 1 is 1.26 bits per heavy atom. The van der Waals surface area contributed by atoms with Gasteiger partial charge in [-0.2, -0.15) is 0 Å². The molecule has 8 nitrogen and oxygen atoms in total. The summed E-state index contributed by atoms with van der Waals surface area (Å²) in [5, 5.41) is 30.8. The molecule has 0 bridgehead atoms. The van der Waals surface area contributed by atoms with Gasteiger partial charge in [0, 0.05) is 32.5 Å². The molecule has 1 saturated heterocycles. The van der Waals surface area contributed by atoms with E-state index in [1.807, 2.05) is 35.9 Å². The molecule has 4 rings (SSSR count). The standard InChI is InChI=1S/C19H25N5O3/c1-23-16(11-25)21-22-18(23)12-6-8-24(9-7-12)19(27)20-17-14-5-3-2-4-13(14)10-15(17)26/h2-5,12,15,17,25-26H,6-11H2,1H3,(H,20,27)/t15-,17-/m0/s1. The molecule has 144 valence electrons. The maximum absolute atomic E-state index is 12.7. The number of hydrogen-bond donors (Lipinski definition) is 3. The Kier molecular flexibility index (Phi) is 4.84. The van der Waals surface area contributed by atoms with Crippen LogP contribution in [0.15, 0.2) is 24.3 Å². The molecular formula is C19H25N5O3. The van der Waals surface area contributed by atoms with Crippen molar-refractivity contribution in [2.24, 2.45) is 7.05 Å². The summed E-state index contributed by atoms with van der Waals surface area (Å²) in [6.45, 7) is 1.13. The zero-order chi connectivity index (χ0) is 19.0. The van der Waals surface area contributed by atoms with Crippen LogP contribution in [0.2, 0.25) is 0 Å². The molecule has 1 aromatic heterocycles. The van der Waals surface area contributed by atoms with Crippen LogP contribution < -0.4 is 5.32 Å². The van der Waals surface area contributed by atoms with E-state index >= 15 is 0 Å². The van der Waals surface area contributed by atoms with E-state index in [-0.39, 0.29) is 24.6 Å². The van der Waals surface area contributed by atoms with Gasteiger partial charge in [-0.25, -0.2) is 4.79 Å². The largest absolute Gasteiger partial charge is 0.390 e. The number of aliphatic hydroxyl groups excluding tert-OH is 2. The molecule has 2 atom stereocenters. The van der Waals surface area contributed by atoms with Gasteiger partial charge in [-0.1, -0.05) is 24.3 Å². The van der Waals surface area contributed by atoms with Crippen molar-refractivity contribution in [2.75, 3.05) is 13.1 Å². The summed E-state index contributed by atoms with van der Waals surface area (Å²) < 4.78 is 1.84. The fourth-order valence-electron chi connectivity index (χ4n) is 4.18. The van der Waals surface area contributed by atoms with E-state index in [9.17, 15) is 15.0 Å². The lowest BCUT2D eigenvalue weighted by Gasteiger charge is -2.33. The SMILES string of the molecule is Cn1c(CO)nnc1C1CCN(C(=O)N[C@H]2c3ccccc3C[C@@H]2O)CC1. The number of benzene rings is 1. The highest BCUT2D eigenvalue weighted by Gasteiger charge is 2.34. The van der Waals surface area contributed by atoms with Crippen molar-refractivity contribution in [3.05, 3.63) is 47.0 Å². The van der Waals surface area contributed by atoms with Crippen molar-refractivity contribution in [1.82, 2.24) is 25.0 Å². The molecular weight excluding hydrogens is 346 g/mol. The zero-order valence-corrected chi connectivity index (χ0v) is 15.4. The fourth-order valence-corrected chi connectivity index (χ4v) is 4.18. The number of hydrogen-bond acceptors (Lipinski definition) is 5. The zero-order valence-electron chi connectivity index (χ0n) is 15.4. The first-order chi connectivity index (χ1) is 13.1. The Labute approximate surface area is 157 Å². The highest BCUT2D eigenvalue weighted by molar-refractivity contribution is 5.75. The molecule has 0 saturated carbocycles.